The number of rotatable bonds is 6. The molecule has 0 saturated carbocycles. The average molecular weight is 405 g/mol. The van der Waals surface area contributed by atoms with Gasteiger partial charge >= 0.3 is 0 Å². The zero-order chi connectivity index (χ0) is 20.8. The summed E-state index contributed by atoms with van der Waals surface area (Å²) in [5, 5.41) is 7.69. The maximum atomic E-state index is 13.0. The van der Waals surface area contributed by atoms with E-state index in [0.29, 0.717) is 5.56 Å². The summed E-state index contributed by atoms with van der Waals surface area (Å²) in [5.74, 6) is -0.643. The third-order valence-electron chi connectivity index (χ3n) is 4.74. The van der Waals surface area contributed by atoms with Gasteiger partial charge in [0.05, 0.1) is 6.04 Å². The summed E-state index contributed by atoms with van der Waals surface area (Å²) in [5.41, 5.74) is 4.12. The number of hydrogen-bond donors (Lipinski definition) is 2. The Morgan fingerprint density at radius 2 is 1.72 bits per heavy atom. The van der Waals surface area contributed by atoms with E-state index in [-0.39, 0.29) is 23.6 Å². The molecule has 5 heteroatoms. The molecule has 2 N–H and O–H groups in total. The Balaban J connectivity index is 1.80. The lowest BCUT2D eigenvalue weighted by Gasteiger charge is -2.17. The van der Waals surface area contributed by atoms with Gasteiger partial charge in [0.2, 0.25) is 0 Å². The Labute approximate surface area is 175 Å². The number of hydrogen-bond acceptors (Lipinski definition) is 3. The Morgan fingerprint density at radius 1 is 0.966 bits per heavy atom. The van der Waals surface area contributed by atoms with Gasteiger partial charge in [-0.2, -0.15) is 0 Å². The van der Waals surface area contributed by atoms with Crippen molar-refractivity contribution in [3.05, 3.63) is 98.9 Å². The molecular weight excluding hydrogens is 380 g/mol. The highest BCUT2D eigenvalue weighted by Gasteiger charge is 2.17. The Morgan fingerprint density at radius 3 is 2.38 bits per heavy atom. The van der Waals surface area contributed by atoms with Gasteiger partial charge in [0.25, 0.3) is 11.8 Å². The quantitative estimate of drug-likeness (QED) is 0.567. The maximum absolute atomic E-state index is 13.0. The summed E-state index contributed by atoms with van der Waals surface area (Å²) in [4.78, 5) is 26.5. The van der Waals surface area contributed by atoms with Crippen molar-refractivity contribution < 1.29 is 9.59 Å². The van der Waals surface area contributed by atoms with Crippen molar-refractivity contribution in [2.75, 3.05) is 0 Å². The summed E-state index contributed by atoms with van der Waals surface area (Å²) in [7, 11) is 0. The van der Waals surface area contributed by atoms with Crippen LogP contribution in [0.4, 0.5) is 0 Å². The molecule has 3 rings (SSSR count). The van der Waals surface area contributed by atoms with E-state index in [1.807, 2.05) is 42.6 Å². The van der Waals surface area contributed by atoms with E-state index in [2.05, 4.69) is 30.5 Å². The van der Waals surface area contributed by atoms with E-state index < -0.39 is 0 Å². The Kier molecular flexibility index (Phi) is 6.62. The fourth-order valence-corrected chi connectivity index (χ4v) is 3.51. The van der Waals surface area contributed by atoms with Crippen molar-refractivity contribution in [2.45, 2.75) is 26.8 Å². The molecule has 2 aromatic carbocycles. The number of aryl methyl sites for hydroxylation is 2. The number of benzene rings is 2. The van der Waals surface area contributed by atoms with Crippen LogP contribution in [-0.4, -0.2) is 11.8 Å². The molecule has 0 saturated heterocycles. The first-order chi connectivity index (χ1) is 13.9. The van der Waals surface area contributed by atoms with Gasteiger partial charge in [0, 0.05) is 10.4 Å². The van der Waals surface area contributed by atoms with E-state index in [1.165, 1.54) is 22.5 Å². The second-order valence-corrected chi connectivity index (χ2v) is 7.91. The van der Waals surface area contributed by atoms with Crippen molar-refractivity contribution in [3.63, 3.8) is 0 Å². The zero-order valence-electron chi connectivity index (χ0n) is 16.7. The first-order valence-electron chi connectivity index (χ1n) is 9.43. The largest absolute Gasteiger partial charge is 0.344 e. The summed E-state index contributed by atoms with van der Waals surface area (Å²) in [6, 6.07) is 18.6. The molecule has 1 atom stereocenters. The lowest BCUT2D eigenvalue weighted by molar-refractivity contribution is -0.118. The predicted octanol–water partition coefficient (Wildman–Crippen LogP) is 5.01. The molecule has 3 aromatic rings. The van der Waals surface area contributed by atoms with Gasteiger partial charge in [-0.25, -0.2) is 0 Å². The summed E-state index contributed by atoms with van der Waals surface area (Å²) in [6.07, 6.45) is 1.70. The molecule has 1 heterocycles. The maximum Gasteiger partial charge on any atom is 0.268 e. The highest BCUT2D eigenvalue weighted by molar-refractivity contribution is 7.10. The molecular formula is C24H24N2O2S. The van der Waals surface area contributed by atoms with Crippen LogP contribution in [0.2, 0.25) is 0 Å². The molecule has 0 spiro atoms. The number of nitrogens with one attached hydrogen (secondary N) is 2. The molecule has 29 heavy (non-hydrogen) atoms. The highest BCUT2D eigenvalue weighted by Crippen LogP contribution is 2.18. The fraction of sp³-hybridized carbons (Fsp3) is 0.167. The molecule has 0 aliphatic carbocycles. The SMILES string of the molecule is Cc1ccc([C@@H](C)NC(=O)/C(=C/c2cccs2)NC(=O)c2ccccc2)cc1C. The zero-order valence-corrected chi connectivity index (χ0v) is 17.5. The van der Waals surface area contributed by atoms with E-state index in [0.717, 1.165) is 10.4 Å². The third kappa shape index (κ3) is 5.42. The van der Waals surface area contributed by atoms with E-state index in [4.69, 9.17) is 0 Å². The lowest BCUT2D eigenvalue weighted by Crippen LogP contribution is -2.36. The van der Waals surface area contributed by atoms with Crippen LogP contribution in [0.3, 0.4) is 0 Å². The van der Waals surface area contributed by atoms with E-state index >= 15 is 0 Å². The molecule has 0 bridgehead atoms. The molecule has 0 radical (unpaired) electrons. The summed E-state index contributed by atoms with van der Waals surface area (Å²) >= 11 is 1.50. The van der Waals surface area contributed by atoms with Crippen LogP contribution in [0.1, 0.15) is 44.9 Å². The van der Waals surface area contributed by atoms with E-state index in [1.54, 1.807) is 30.3 Å². The molecule has 0 fully saturated rings. The van der Waals surface area contributed by atoms with Gasteiger partial charge in [0.15, 0.2) is 0 Å². The van der Waals surface area contributed by atoms with Gasteiger partial charge in [0.1, 0.15) is 5.70 Å². The number of amides is 2. The van der Waals surface area contributed by atoms with Crippen LogP contribution in [0, 0.1) is 13.8 Å². The molecule has 1 aromatic heterocycles. The van der Waals surface area contributed by atoms with Crippen LogP contribution < -0.4 is 10.6 Å². The topological polar surface area (TPSA) is 58.2 Å². The Hall–Kier alpha value is -3.18. The second kappa shape index (κ2) is 9.34. The number of thiophene rings is 1. The van der Waals surface area contributed by atoms with Crippen molar-refractivity contribution >= 4 is 29.2 Å². The predicted molar refractivity (Wildman–Crippen MR) is 119 cm³/mol. The minimum absolute atomic E-state index is 0.192. The second-order valence-electron chi connectivity index (χ2n) is 6.93. The van der Waals surface area contributed by atoms with Crippen LogP contribution in [0.15, 0.2) is 71.7 Å². The number of carbonyl (C=O) groups is 2. The van der Waals surface area contributed by atoms with Crippen LogP contribution in [-0.2, 0) is 4.79 Å². The molecule has 2 amide bonds. The van der Waals surface area contributed by atoms with Gasteiger partial charge in [-0.3, -0.25) is 9.59 Å². The van der Waals surface area contributed by atoms with Crippen molar-refractivity contribution in [1.82, 2.24) is 10.6 Å². The van der Waals surface area contributed by atoms with Crippen LogP contribution >= 0.6 is 11.3 Å². The summed E-state index contributed by atoms with van der Waals surface area (Å²) < 4.78 is 0. The molecule has 4 nitrogen and oxygen atoms in total. The van der Waals surface area contributed by atoms with Gasteiger partial charge in [-0.1, -0.05) is 42.5 Å². The first-order valence-corrected chi connectivity index (χ1v) is 10.3. The normalized spacial score (nSPS) is 12.3. The van der Waals surface area contributed by atoms with Crippen LogP contribution in [0.25, 0.3) is 6.08 Å². The van der Waals surface area contributed by atoms with E-state index in [9.17, 15) is 9.59 Å². The lowest BCUT2D eigenvalue weighted by atomic mass is 10.0. The molecule has 0 aliphatic rings. The minimum atomic E-state index is -0.326. The Bertz CT molecular complexity index is 1020. The van der Waals surface area contributed by atoms with Gasteiger partial charge in [-0.05, 0) is 67.1 Å². The van der Waals surface area contributed by atoms with Crippen molar-refractivity contribution in [3.8, 4) is 0 Å². The third-order valence-corrected chi connectivity index (χ3v) is 5.56. The summed E-state index contributed by atoms with van der Waals surface area (Å²) in [6.45, 7) is 6.04. The number of carbonyl (C=O) groups excluding carboxylic acids is 2. The monoisotopic (exact) mass is 404 g/mol. The minimum Gasteiger partial charge on any atom is -0.344 e. The molecule has 0 unspecified atom stereocenters. The van der Waals surface area contributed by atoms with Gasteiger partial charge < -0.3 is 10.6 Å². The average Bonchev–Trinajstić information content (AvgIpc) is 3.23. The first kappa shape index (κ1) is 20.6. The van der Waals surface area contributed by atoms with Crippen LogP contribution in [0.5, 0.6) is 0 Å². The smallest absolute Gasteiger partial charge is 0.268 e. The van der Waals surface area contributed by atoms with Gasteiger partial charge in [-0.15, -0.1) is 11.3 Å². The van der Waals surface area contributed by atoms with Crippen molar-refractivity contribution in [1.29, 1.82) is 0 Å². The molecule has 0 aliphatic heterocycles. The highest BCUT2D eigenvalue weighted by atomic mass is 32.1. The fourth-order valence-electron chi connectivity index (χ4n) is 2.85. The van der Waals surface area contributed by atoms with Crippen molar-refractivity contribution in [2.24, 2.45) is 0 Å². The molecule has 148 valence electrons. The standard InChI is InChI=1S/C24H24N2O2S/c1-16-11-12-20(14-17(16)2)18(3)25-24(28)22(15-21-10-7-13-29-21)26-23(27)19-8-5-4-6-9-19/h4-15,18H,1-3H3,(H,25,28)(H,26,27)/b22-15-/t18-/m1/s1.